The van der Waals surface area contributed by atoms with E-state index in [0.29, 0.717) is 18.6 Å². The van der Waals surface area contributed by atoms with E-state index in [-0.39, 0.29) is 24.3 Å². The van der Waals surface area contributed by atoms with Crippen LogP contribution in [0.4, 0.5) is 0 Å². The van der Waals surface area contributed by atoms with Crippen LogP contribution in [0.1, 0.15) is 27.2 Å². The molecule has 6 heteroatoms. The quantitative estimate of drug-likeness (QED) is 0.586. The van der Waals surface area contributed by atoms with Gasteiger partial charge in [0.1, 0.15) is 18.3 Å². The fourth-order valence-corrected chi connectivity index (χ4v) is 3.37. The van der Waals surface area contributed by atoms with Crippen molar-refractivity contribution in [1.82, 2.24) is 0 Å². The summed E-state index contributed by atoms with van der Waals surface area (Å²) in [5.74, 6) is 6.84. The molecule has 3 atom stereocenters. The summed E-state index contributed by atoms with van der Waals surface area (Å²) >= 11 is 0. The topological polar surface area (TPSA) is 54.0 Å². The van der Waals surface area contributed by atoms with Gasteiger partial charge in [-0.15, -0.1) is 9.49 Å². The zero-order chi connectivity index (χ0) is 15.8. The van der Waals surface area contributed by atoms with Gasteiger partial charge < -0.3 is 18.4 Å². The Kier molecular flexibility index (Phi) is 4.54. The molecule has 0 N–H and O–H groups in total. The van der Waals surface area contributed by atoms with Crippen LogP contribution in [-0.4, -0.2) is 54.7 Å². The summed E-state index contributed by atoms with van der Waals surface area (Å²) in [7, 11) is -1.68. The Balaban J connectivity index is 2.26. The molecule has 0 aromatic rings. The zero-order valence-corrected chi connectivity index (χ0v) is 13.9. The zero-order valence-electron chi connectivity index (χ0n) is 13.1. The summed E-state index contributed by atoms with van der Waals surface area (Å²) in [6.07, 6.45) is 3.18. The third-order valence-electron chi connectivity index (χ3n) is 3.21. The van der Waals surface area contributed by atoms with Gasteiger partial charge in [-0.05, 0) is 33.1 Å². The largest absolute Gasteiger partial charge is 0.463 e. The summed E-state index contributed by atoms with van der Waals surface area (Å²) in [5.41, 5.74) is 0.563. The van der Waals surface area contributed by atoms with Crippen molar-refractivity contribution < 1.29 is 23.2 Å². The van der Waals surface area contributed by atoms with E-state index >= 15 is 0 Å². The first-order valence-electron chi connectivity index (χ1n) is 6.97. The molecule has 1 heterocycles. The van der Waals surface area contributed by atoms with Crippen molar-refractivity contribution in [1.29, 1.82) is 0 Å². The molecule has 0 amide bonds. The fraction of sp³-hybridized carbons (Fsp3) is 0.667. The van der Waals surface area contributed by atoms with E-state index in [1.807, 2.05) is 20.1 Å². The molecule has 2 aliphatic rings. The minimum atomic E-state index is -1.68. The Morgan fingerprint density at radius 3 is 2.71 bits per heavy atom. The average Bonchev–Trinajstić information content (AvgIpc) is 2.62. The average molecular weight is 316 g/mol. The number of esters is 1. The first-order chi connectivity index (χ1) is 9.61. The highest BCUT2D eigenvalue weighted by Crippen LogP contribution is 2.39. The number of rotatable bonds is 4. The number of carbonyl (C=O) groups is 1. The molecule has 5 nitrogen and oxygen atoms in total. The highest BCUT2D eigenvalue weighted by Gasteiger charge is 2.48. The lowest BCUT2D eigenvalue weighted by Crippen LogP contribution is -2.40. The summed E-state index contributed by atoms with van der Waals surface area (Å²) in [6.45, 7) is 5.82. The van der Waals surface area contributed by atoms with Gasteiger partial charge in [0, 0.05) is 12.0 Å². The molecule has 0 unspecified atom stereocenters. The molecular weight excluding hydrogens is 292 g/mol. The summed E-state index contributed by atoms with van der Waals surface area (Å²) in [6, 6.07) is 0. The van der Waals surface area contributed by atoms with Gasteiger partial charge in [-0.2, -0.15) is 0 Å². The van der Waals surface area contributed by atoms with Crippen LogP contribution >= 0.6 is 9.49 Å². The van der Waals surface area contributed by atoms with Crippen molar-refractivity contribution in [2.75, 3.05) is 12.9 Å². The SMILES string of the molecule is C=S(=C)(C)O[C@@H]1CC(C(=O)OCC)=C[C@H]2OC(C)(C)O[C@H]21. The van der Waals surface area contributed by atoms with Crippen LogP contribution in [0, 0.1) is 0 Å². The van der Waals surface area contributed by atoms with Crippen LogP contribution < -0.4 is 0 Å². The van der Waals surface area contributed by atoms with Gasteiger partial charge in [-0.25, -0.2) is 4.79 Å². The van der Waals surface area contributed by atoms with Gasteiger partial charge in [-0.3, -0.25) is 0 Å². The molecule has 0 aromatic carbocycles. The Bertz CT molecular complexity index is 546. The third kappa shape index (κ3) is 4.10. The maximum absolute atomic E-state index is 12.0. The van der Waals surface area contributed by atoms with Gasteiger partial charge in [0.2, 0.25) is 0 Å². The van der Waals surface area contributed by atoms with Crippen LogP contribution in [0.5, 0.6) is 0 Å². The third-order valence-corrected chi connectivity index (χ3v) is 3.92. The normalized spacial score (nSPS) is 31.4. The van der Waals surface area contributed by atoms with Gasteiger partial charge in [0.05, 0.1) is 6.61 Å². The lowest BCUT2D eigenvalue weighted by atomic mass is 9.92. The van der Waals surface area contributed by atoms with Crippen molar-refractivity contribution in [3.8, 4) is 0 Å². The van der Waals surface area contributed by atoms with Crippen molar-refractivity contribution in [3.63, 3.8) is 0 Å². The van der Waals surface area contributed by atoms with Crippen LogP contribution in [0.15, 0.2) is 11.6 Å². The molecule has 0 spiro atoms. The standard InChI is InChI=1S/C15H24O5S/c1-7-17-14(16)10-8-11-13(19-15(2,3)18-11)12(9-10)20-21(4,5)6/h8,11-13H,4-5,7,9H2,1-3,6H3/t11-,12-,13-/m1/s1. The maximum Gasteiger partial charge on any atom is 0.333 e. The second kappa shape index (κ2) is 5.76. The molecule has 2 rings (SSSR count). The summed E-state index contributed by atoms with van der Waals surface area (Å²) in [5, 5.41) is 0. The van der Waals surface area contributed by atoms with Gasteiger partial charge >= 0.3 is 5.97 Å². The number of ether oxygens (including phenoxy) is 3. The van der Waals surface area contributed by atoms with E-state index in [1.54, 1.807) is 13.0 Å². The van der Waals surface area contributed by atoms with Crippen LogP contribution in [0.25, 0.3) is 0 Å². The Morgan fingerprint density at radius 1 is 1.48 bits per heavy atom. The minimum Gasteiger partial charge on any atom is -0.463 e. The van der Waals surface area contributed by atoms with Crippen LogP contribution in [0.2, 0.25) is 0 Å². The number of hydrogen-bond acceptors (Lipinski definition) is 5. The van der Waals surface area contributed by atoms with Crippen LogP contribution in [-0.2, 0) is 23.2 Å². The molecule has 21 heavy (non-hydrogen) atoms. The van der Waals surface area contributed by atoms with E-state index in [2.05, 4.69) is 11.7 Å². The van der Waals surface area contributed by atoms with Crippen molar-refractivity contribution in [2.45, 2.75) is 51.3 Å². The lowest BCUT2D eigenvalue weighted by molar-refractivity contribution is -0.150. The van der Waals surface area contributed by atoms with Crippen molar-refractivity contribution >= 4 is 27.2 Å². The molecule has 0 radical (unpaired) electrons. The highest BCUT2D eigenvalue weighted by atomic mass is 32.2. The molecule has 0 saturated carbocycles. The maximum atomic E-state index is 12.0. The predicted molar refractivity (Wildman–Crippen MR) is 85.8 cm³/mol. The first kappa shape index (κ1) is 16.5. The summed E-state index contributed by atoms with van der Waals surface area (Å²) < 4.78 is 22.8. The minimum absolute atomic E-state index is 0.256. The molecule has 0 aromatic heterocycles. The van der Waals surface area contributed by atoms with E-state index < -0.39 is 15.3 Å². The molecule has 1 aliphatic heterocycles. The Hall–Kier alpha value is -0.820. The van der Waals surface area contributed by atoms with E-state index in [0.717, 1.165) is 0 Å². The molecular formula is C15H24O5S. The molecule has 1 aliphatic carbocycles. The van der Waals surface area contributed by atoms with Gasteiger partial charge in [0.15, 0.2) is 5.79 Å². The lowest BCUT2D eigenvalue weighted by Gasteiger charge is -2.31. The molecule has 1 saturated heterocycles. The van der Waals surface area contributed by atoms with E-state index in [1.165, 1.54) is 0 Å². The highest BCUT2D eigenvalue weighted by molar-refractivity contribution is 8.23. The smallest absolute Gasteiger partial charge is 0.333 e. The molecule has 0 bridgehead atoms. The van der Waals surface area contributed by atoms with E-state index in [4.69, 9.17) is 18.4 Å². The van der Waals surface area contributed by atoms with Crippen molar-refractivity contribution in [3.05, 3.63) is 11.6 Å². The second-order valence-corrected chi connectivity index (χ2v) is 8.56. The first-order valence-corrected chi connectivity index (χ1v) is 9.28. The number of fused-ring (bicyclic) bond motifs is 1. The number of carbonyl (C=O) groups excluding carboxylic acids is 1. The van der Waals surface area contributed by atoms with E-state index in [9.17, 15) is 4.79 Å². The second-order valence-electron chi connectivity index (χ2n) is 6.00. The predicted octanol–water partition coefficient (Wildman–Crippen LogP) is 2.00. The Morgan fingerprint density at radius 2 is 2.14 bits per heavy atom. The van der Waals surface area contributed by atoms with Crippen molar-refractivity contribution in [2.24, 2.45) is 0 Å². The number of hydrogen-bond donors (Lipinski definition) is 0. The molecule has 120 valence electrons. The summed E-state index contributed by atoms with van der Waals surface area (Å²) in [4.78, 5) is 12.0. The van der Waals surface area contributed by atoms with Gasteiger partial charge in [0.25, 0.3) is 0 Å². The van der Waals surface area contributed by atoms with Crippen LogP contribution in [0.3, 0.4) is 0 Å². The monoisotopic (exact) mass is 316 g/mol. The Labute approximate surface area is 126 Å². The van der Waals surface area contributed by atoms with Gasteiger partial charge in [-0.1, -0.05) is 11.7 Å². The fourth-order valence-electron chi connectivity index (χ4n) is 2.60. The molecule has 1 fully saturated rings.